The number of ketones is 1. The van der Waals surface area contributed by atoms with Gasteiger partial charge in [0.05, 0.1) is 16.5 Å². The van der Waals surface area contributed by atoms with Crippen molar-refractivity contribution < 1.29 is 14.3 Å². The molecule has 0 aliphatic carbocycles. The van der Waals surface area contributed by atoms with Crippen LogP contribution in [0, 0.1) is 13.8 Å². The third-order valence-electron chi connectivity index (χ3n) is 3.79. The molecule has 1 N–H and O–H groups in total. The van der Waals surface area contributed by atoms with E-state index in [1.165, 1.54) is 24.5 Å². The molecule has 0 radical (unpaired) electrons. The van der Waals surface area contributed by atoms with Gasteiger partial charge >= 0.3 is 0 Å². The highest BCUT2D eigenvalue weighted by atomic mass is 16.3. The minimum absolute atomic E-state index is 0.0866. The zero-order chi connectivity index (χ0) is 17.3. The van der Waals surface area contributed by atoms with E-state index in [1.807, 2.05) is 19.9 Å². The van der Waals surface area contributed by atoms with Crippen molar-refractivity contribution in [1.29, 1.82) is 0 Å². The Balaban J connectivity index is 1.99. The summed E-state index contributed by atoms with van der Waals surface area (Å²) in [5, 5.41) is 10.3. The number of carbonyl (C=O) groups excluding carboxylic acids is 1. The number of hydrogen-bond donors (Lipinski definition) is 1. The van der Waals surface area contributed by atoms with Crippen LogP contribution in [0.1, 0.15) is 27.0 Å². The molecule has 0 aliphatic heterocycles. The van der Waals surface area contributed by atoms with Crippen LogP contribution in [0.2, 0.25) is 0 Å². The van der Waals surface area contributed by atoms with E-state index in [4.69, 9.17) is 4.42 Å². The topological polar surface area (TPSA) is 67.5 Å². The SMILES string of the molecule is Cc1ccc(O)c(C(=O)C=Cc2coc3ccc(C)cc3c2=O)c1. The summed E-state index contributed by atoms with van der Waals surface area (Å²) in [6, 6.07) is 10.2. The lowest BCUT2D eigenvalue weighted by atomic mass is 10.1. The number of hydrogen-bond acceptors (Lipinski definition) is 4. The van der Waals surface area contributed by atoms with Crippen molar-refractivity contribution in [2.45, 2.75) is 13.8 Å². The van der Waals surface area contributed by atoms with Crippen molar-refractivity contribution in [1.82, 2.24) is 0 Å². The summed E-state index contributed by atoms with van der Waals surface area (Å²) in [6.07, 6.45) is 4.01. The van der Waals surface area contributed by atoms with Crippen LogP contribution >= 0.6 is 0 Å². The predicted octanol–water partition coefficient (Wildman–Crippen LogP) is 4.01. The van der Waals surface area contributed by atoms with Crippen LogP contribution in [0.3, 0.4) is 0 Å². The second-order valence-corrected chi connectivity index (χ2v) is 5.74. The van der Waals surface area contributed by atoms with E-state index in [9.17, 15) is 14.7 Å². The summed E-state index contributed by atoms with van der Waals surface area (Å²) in [7, 11) is 0. The van der Waals surface area contributed by atoms with E-state index in [0.29, 0.717) is 11.0 Å². The van der Waals surface area contributed by atoms with Crippen LogP contribution in [0.5, 0.6) is 5.75 Å². The standard InChI is InChI=1S/C20H16O4/c1-12-3-6-17(21)15(9-12)18(22)7-5-14-11-24-19-8-4-13(2)10-16(19)20(14)23/h3-11,21H,1-2H3. The maximum atomic E-state index is 12.5. The molecule has 0 saturated carbocycles. The number of carbonyl (C=O) groups is 1. The number of aryl methyl sites for hydroxylation is 2. The first-order valence-electron chi connectivity index (χ1n) is 7.50. The van der Waals surface area contributed by atoms with Crippen molar-refractivity contribution >= 4 is 22.8 Å². The molecule has 0 unspecified atom stereocenters. The highest BCUT2D eigenvalue weighted by molar-refractivity contribution is 6.08. The molecule has 0 fully saturated rings. The number of aromatic hydroxyl groups is 1. The number of phenolic OH excluding ortho intramolecular Hbond substituents is 1. The Morgan fingerprint density at radius 3 is 2.58 bits per heavy atom. The predicted molar refractivity (Wildman–Crippen MR) is 93.4 cm³/mol. The quantitative estimate of drug-likeness (QED) is 0.585. The minimum Gasteiger partial charge on any atom is -0.507 e. The van der Waals surface area contributed by atoms with E-state index in [0.717, 1.165) is 11.1 Å². The van der Waals surface area contributed by atoms with Gasteiger partial charge in [0, 0.05) is 0 Å². The Morgan fingerprint density at radius 1 is 1.08 bits per heavy atom. The number of benzene rings is 2. The maximum absolute atomic E-state index is 12.5. The monoisotopic (exact) mass is 320 g/mol. The Kier molecular flexibility index (Phi) is 4.04. The summed E-state index contributed by atoms with van der Waals surface area (Å²) in [5.74, 6) is -0.462. The summed E-state index contributed by atoms with van der Waals surface area (Å²) in [6.45, 7) is 3.73. The molecule has 0 spiro atoms. The molecule has 3 rings (SSSR count). The molecule has 0 aliphatic rings. The average Bonchev–Trinajstić information content (AvgIpc) is 2.56. The van der Waals surface area contributed by atoms with Gasteiger partial charge < -0.3 is 9.52 Å². The van der Waals surface area contributed by atoms with Gasteiger partial charge in [-0.05, 0) is 50.3 Å². The molecule has 24 heavy (non-hydrogen) atoms. The Bertz CT molecular complexity index is 1030. The van der Waals surface area contributed by atoms with Crippen molar-refractivity contribution in [2.24, 2.45) is 0 Å². The summed E-state index contributed by atoms with van der Waals surface area (Å²) in [5.41, 5.74) is 2.62. The lowest BCUT2D eigenvalue weighted by molar-refractivity contribution is 0.104. The highest BCUT2D eigenvalue weighted by Gasteiger charge is 2.09. The van der Waals surface area contributed by atoms with Gasteiger partial charge in [-0.2, -0.15) is 0 Å². The third kappa shape index (κ3) is 2.99. The molecule has 120 valence electrons. The fourth-order valence-electron chi connectivity index (χ4n) is 2.48. The highest BCUT2D eigenvalue weighted by Crippen LogP contribution is 2.20. The fourth-order valence-corrected chi connectivity index (χ4v) is 2.48. The second-order valence-electron chi connectivity index (χ2n) is 5.74. The maximum Gasteiger partial charge on any atom is 0.199 e. The largest absolute Gasteiger partial charge is 0.507 e. The van der Waals surface area contributed by atoms with Crippen molar-refractivity contribution in [2.75, 3.05) is 0 Å². The molecular weight excluding hydrogens is 304 g/mol. The van der Waals surface area contributed by atoms with Crippen LogP contribution in [-0.2, 0) is 0 Å². The first-order chi connectivity index (χ1) is 11.5. The molecule has 1 aromatic heterocycles. The first kappa shape index (κ1) is 15.7. The molecule has 0 atom stereocenters. The van der Waals surface area contributed by atoms with Crippen LogP contribution < -0.4 is 5.43 Å². The lowest BCUT2D eigenvalue weighted by Crippen LogP contribution is -2.05. The van der Waals surface area contributed by atoms with Crippen molar-refractivity contribution in [3.8, 4) is 5.75 Å². The summed E-state index contributed by atoms with van der Waals surface area (Å²) < 4.78 is 5.45. The molecule has 1 heterocycles. The number of phenols is 1. The van der Waals surface area contributed by atoms with Gasteiger partial charge in [-0.3, -0.25) is 9.59 Å². The molecular formula is C20H16O4. The third-order valence-corrected chi connectivity index (χ3v) is 3.79. The van der Waals surface area contributed by atoms with Crippen LogP contribution in [0.4, 0.5) is 0 Å². The molecule has 2 aromatic carbocycles. The normalized spacial score (nSPS) is 11.2. The van der Waals surface area contributed by atoms with E-state index < -0.39 is 0 Å². The Hall–Kier alpha value is -3.14. The first-order valence-corrected chi connectivity index (χ1v) is 7.50. The van der Waals surface area contributed by atoms with E-state index >= 15 is 0 Å². The van der Waals surface area contributed by atoms with Gasteiger partial charge in [-0.15, -0.1) is 0 Å². The fraction of sp³-hybridized carbons (Fsp3) is 0.100. The Morgan fingerprint density at radius 2 is 1.79 bits per heavy atom. The molecule has 4 heteroatoms. The van der Waals surface area contributed by atoms with Crippen LogP contribution in [0.15, 0.2) is 57.9 Å². The van der Waals surface area contributed by atoms with Gasteiger partial charge in [0.1, 0.15) is 17.6 Å². The smallest absolute Gasteiger partial charge is 0.199 e. The van der Waals surface area contributed by atoms with Gasteiger partial charge in [0.2, 0.25) is 0 Å². The molecule has 4 nitrogen and oxygen atoms in total. The minimum atomic E-state index is -0.375. The number of allylic oxidation sites excluding steroid dienone is 1. The Labute approximate surface area is 138 Å². The number of fused-ring (bicyclic) bond motifs is 1. The average molecular weight is 320 g/mol. The zero-order valence-corrected chi connectivity index (χ0v) is 13.4. The van der Waals surface area contributed by atoms with Gasteiger partial charge in [-0.1, -0.05) is 23.3 Å². The second kappa shape index (κ2) is 6.16. The van der Waals surface area contributed by atoms with Crippen LogP contribution in [0.25, 0.3) is 17.0 Å². The van der Waals surface area contributed by atoms with E-state index in [1.54, 1.807) is 24.3 Å². The number of rotatable bonds is 3. The van der Waals surface area contributed by atoms with Crippen molar-refractivity contribution in [3.63, 3.8) is 0 Å². The van der Waals surface area contributed by atoms with E-state index in [2.05, 4.69) is 0 Å². The zero-order valence-electron chi connectivity index (χ0n) is 13.4. The van der Waals surface area contributed by atoms with Gasteiger partial charge in [0.15, 0.2) is 11.2 Å². The summed E-state index contributed by atoms with van der Waals surface area (Å²) >= 11 is 0. The molecule has 0 bridgehead atoms. The van der Waals surface area contributed by atoms with E-state index in [-0.39, 0.29) is 28.1 Å². The van der Waals surface area contributed by atoms with Gasteiger partial charge in [0.25, 0.3) is 0 Å². The van der Waals surface area contributed by atoms with Crippen molar-refractivity contribution in [3.05, 3.63) is 81.2 Å². The van der Waals surface area contributed by atoms with Crippen LogP contribution in [-0.4, -0.2) is 10.9 Å². The van der Waals surface area contributed by atoms with Gasteiger partial charge in [-0.25, -0.2) is 0 Å². The summed E-state index contributed by atoms with van der Waals surface area (Å²) in [4.78, 5) is 24.7. The molecule has 0 saturated heterocycles. The lowest BCUT2D eigenvalue weighted by Gasteiger charge is -2.02. The molecule has 0 amide bonds. The molecule has 3 aromatic rings.